The lowest BCUT2D eigenvalue weighted by Gasteiger charge is -2.03. The topological polar surface area (TPSA) is 98.7 Å². The molecule has 0 spiro atoms. The molecule has 0 aliphatic carbocycles. The first kappa shape index (κ1) is 16.1. The quantitative estimate of drug-likeness (QED) is 0.673. The Hall–Kier alpha value is -2.28. The maximum Gasteiger partial charge on any atom is 0.233 e. The Morgan fingerprint density at radius 3 is 2.68 bits per heavy atom. The third-order valence-corrected chi connectivity index (χ3v) is 3.28. The molecule has 0 saturated heterocycles. The molecule has 0 unspecified atom stereocenters. The van der Waals surface area contributed by atoms with Gasteiger partial charge >= 0.3 is 0 Å². The number of nitrogens with zero attached hydrogens (tertiary/aromatic N) is 4. The van der Waals surface area contributed by atoms with Gasteiger partial charge in [-0.3, -0.25) is 4.79 Å². The van der Waals surface area contributed by atoms with Crippen molar-refractivity contribution in [2.75, 3.05) is 13.1 Å². The molecule has 1 aromatic carbocycles. The van der Waals surface area contributed by atoms with Crippen LogP contribution in [0.15, 0.2) is 30.3 Å². The standard InChI is InChI=1S/C15H22N6O/c16-12-14(22)17-10-6-1-2-7-11-21-19-15(18-20-21)13-8-4-3-5-9-13/h3-5,8-9H,1-2,6-7,10-12,16H2,(H,17,22). The normalized spacial score (nSPS) is 10.6. The summed E-state index contributed by atoms with van der Waals surface area (Å²) in [5, 5.41) is 15.3. The Morgan fingerprint density at radius 1 is 1.14 bits per heavy atom. The summed E-state index contributed by atoms with van der Waals surface area (Å²) >= 11 is 0. The van der Waals surface area contributed by atoms with E-state index in [1.165, 1.54) is 0 Å². The van der Waals surface area contributed by atoms with E-state index in [4.69, 9.17) is 5.73 Å². The fraction of sp³-hybridized carbons (Fsp3) is 0.467. The number of nitrogens with two attached hydrogens (primary N) is 1. The summed E-state index contributed by atoms with van der Waals surface area (Å²) in [7, 11) is 0. The van der Waals surface area contributed by atoms with Crippen molar-refractivity contribution >= 4 is 5.91 Å². The predicted molar refractivity (Wildman–Crippen MR) is 83.8 cm³/mol. The molecule has 0 atom stereocenters. The summed E-state index contributed by atoms with van der Waals surface area (Å²) < 4.78 is 0. The highest BCUT2D eigenvalue weighted by atomic mass is 16.1. The third-order valence-electron chi connectivity index (χ3n) is 3.28. The van der Waals surface area contributed by atoms with Crippen molar-refractivity contribution in [1.29, 1.82) is 0 Å². The number of rotatable bonds is 9. The molecular formula is C15H22N6O. The summed E-state index contributed by atoms with van der Waals surface area (Å²) in [5.41, 5.74) is 6.18. The Kier molecular flexibility index (Phi) is 6.50. The maximum absolute atomic E-state index is 10.9. The number of benzene rings is 1. The SMILES string of the molecule is NCC(=O)NCCCCCCn1nnc(-c2ccccc2)n1. The van der Waals surface area contributed by atoms with Gasteiger partial charge in [-0.1, -0.05) is 43.2 Å². The zero-order chi connectivity index (χ0) is 15.6. The zero-order valence-corrected chi connectivity index (χ0v) is 12.6. The first-order valence-electron chi connectivity index (χ1n) is 7.59. The molecule has 0 radical (unpaired) electrons. The largest absolute Gasteiger partial charge is 0.355 e. The molecule has 0 bridgehead atoms. The van der Waals surface area contributed by atoms with Crippen molar-refractivity contribution in [3.8, 4) is 11.4 Å². The highest BCUT2D eigenvalue weighted by Gasteiger charge is 2.04. The number of hydrogen-bond acceptors (Lipinski definition) is 5. The van der Waals surface area contributed by atoms with Crippen LogP contribution in [-0.4, -0.2) is 39.2 Å². The smallest absolute Gasteiger partial charge is 0.233 e. The van der Waals surface area contributed by atoms with E-state index in [1.54, 1.807) is 4.80 Å². The molecule has 7 heteroatoms. The number of amides is 1. The Morgan fingerprint density at radius 2 is 1.91 bits per heavy atom. The van der Waals surface area contributed by atoms with Gasteiger partial charge in [0, 0.05) is 12.1 Å². The van der Waals surface area contributed by atoms with Crippen LogP contribution in [0.1, 0.15) is 25.7 Å². The molecule has 0 saturated carbocycles. The monoisotopic (exact) mass is 302 g/mol. The van der Waals surface area contributed by atoms with E-state index in [2.05, 4.69) is 20.7 Å². The van der Waals surface area contributed by atoms with Crippen molar-refractivity contribution in [3.63, 3.8) is 0 Å². The predicted octanol–water partition coefficient (Wildman–Crippen LogP) is 0.975. The molecule has 7 nitrogen and oxygen atoms in total. The number of aromatic nitrogens is 4. The minimum Gasteiger partial charge on any atom is -0.355 e. The second-order valence-corrected chi connectivity index (χ2v) is 5.04. The van der Waals surface area contributed by atoms with Crippen LogP contribution < -0.4 is 11.1 Å². The molecular weight excluding hydrogens is 280 g/mol. The van der Waals surface area contributed by atoms with E-state index in [9.17, 15) is 4.79 Å². The Balaban J connectivity index is 1.62. The van der Waals surface area contributed by atoms with Crippen LogP contribution in [0.3, 0.4) is 0 Å². The number of aryl methyl sites for hydroxylation is 1. The van der Waals surface area contributed by atoms with E-state index >= 15 is 0 Å². The first-order chi connectivity index (χ1) is 10.8. The zero-order valence-electron chi connectivity index (χ0n) is 12.6. The van der Waals surface area contributed by atoms with Crippen molar-refractivity contribution in [1.82, 2.24) is 25.5 Å². The van der Waals surface area contributed by atoms with Gasteiger partial charge in [-0.05, 0) is 18.1 Å². The summed E-state index contributed by atoms with van der Waals surface area (Å²) in [6, 6.07) is 9.82. The van der Waals surface area contributed by atoms with E-state index in [-0.39, 0.29) is 12.5 Å². The van der Waals surface area contributed by atoms with Crippen molar-refractivity contribution < 1.29 is 4.79 Å². The molecule has 2 rings (SSSR count). The van der Waals surface area contributed by atoms with Gasteiger partial charge < -0.3 is 11.1 Å². The summed E-state index contributed by atoms with van der Waals surface area (Å²) in [6.45, 7) is 1.51. The van der Waals surface area contributed by atoms with Crippen molar-refractivity contribution in [2.24, 2.45) is 5.73 Å². The minimum atomic E-state index is -0.0970. The molecule has 118 valence electrons. The lowest BCUT2D eigenvalue weighted by molar-refractivity contribution is -0.119. The van der Waals surface area contributed by atoms with Gasteiger partial charge in [0.15, 0.2) is 0 Å². The van der Waals surface area contributed by atoms with Crippen LogP contribution in [0.2, 0.25) is 0 Å². The summed E-state index contributed by atoms with van der Waals surface area (Å²) in [4.78, 5) is 12.6. The summed E-state index contributed by atoms with van der Waals surface area (Å²) in [5.74, 6) is 0.561. The van der Waals surface area contributed by atoms with E-state index in [0.29, 0.717) is 12.4 Å². The molecule has 1 amide bonds. The number of carbonyl (C=O) groups excluding carboxylic acids is 1. The lowest BCUT2D eigenvalue weighted by atomic mass is 10.2. The van der Waals surface area contributed by atoms with Crippen molar-refractivity contribution in [2.45, 2.75) is 32.2 Å². The van der Waals surface area contributed by atoms with E-state index in [1.807, 2.05) is 30.3 Å². The molecule has 1 heterocycles. The van der Waals surface area contributed by atoms with Gasteiger partial charge in [0.25, 0.3) is 0 Å². The van der Waals surface area contributed by atoms with Gasteiger partial charge in [-0.2, -0.15) is 4.80 Å². The number of tetrazole rings is 1. The maximum atomic E-state index is 10.9. The van der Waals surface area contributed by atoms with Gasteiger partial charge in [0.05, 0.1) is 13.1 Å². The highest BCUT2D eigenvalue weighted by Crippen LogP contribution is 2.12. The summed E-state index contributed by atoms with van der Waals surface area (Å²) in [6.07, 6.45) is 4.09. The lowest BCUT2D eigenvalue weighted by Crippen LogP contribution is -2.30. The molecule has 0 aliphatic heterocycles. The molecule has 0 aliphatic rings. The number of hydrogen-bond donors (Lipinski definition) is 2. The fourth-order valence-corrected chi connectivity index (χ4v) is 2.07. The van der Waals surface area contributed by atoms with Crippen LogP contribution in [0, 0.1) is 0 Å². The molecule has 3 N–H and O–H groups in total. The number of nitrogens with one attached hydrogen (secondary N) is 1. The average Bonchev–Trinajstić information content (AvgIpc) is 3.03. The van der Waals surface area contributed by atoms with Crippen LogP contribution in [0.4, 0.5) is 0 Å². The first-order valence-corrected chi connectivity index (χ1v) is 7.59. The van der Waals surface area contributed by atoms with Crippen molar-refractivity contribution in [3.05, 3.63) is 30.3 Å². The number of unbranched alkanes of at least 4 members (excludes halogenated alkanes) is 3. The molecule has 0 fully saturated rings. The fourth-order valence-electron chi connectivity index (χ4n) is 2.07. The molecule has 1 aromatic heterocycles. The highest BCUT2D eigenvalue weighted by molar-refractivity contribution is 5.77. The minimum absolute atomic E-state index is 0.0573. The number of carbonyl (C=O) groups is 1. The average molecular weight is 302 g/mol. The van der Waals surface area contributed by atoms with Gasteiger partial charge in [-0.25, -0.2) is 0 Å². The van der Waals surface area contributed by atoms with Gasteiger partial charge in [0.1, 0.15) is 0 Å². The molecule has 2 aromatic rings. The van der Waals surface area contributed by atoms with Crippen LogP contribution >= 0.6 is 0 Å². The second-order valence-electron chi connectivity index (χ2n) is 5.04. The Labute approximate surface area is 129 Å². The Bertz CT molecular complexity index is 568. The van der Waals surface area contributed by atoms with Crippen LogP contribution in [0.5, 0.6) is 0 Å². The molecule has 22 heavy (non-hydrogen) atoms. The third kappa shape index (κ3) is 5.25. The van der Waals surface area contributed by atoms with Crippen LogP contribution in [0.25, 0.3) is 11.4 Å². The van der Waals surface area contributed by atoms with E-state index < -0.39 is 0 Å². The van der Waals surface area contributed by atoms with Crippen LogP contribution in [-0.2, 0) is 11.3 Å². The second kappa shape index (κ2) is 8.89. The van der Waals surface area contributed by atoms with E-state index in [0.717, 1.165) is 37.8 Å². The van der Waals surface area contributed by atoms with Gasteiger partial charge in [0.2, 0.25) is 11.7 Å². The van der Waals surface area contributed by atoms with Gasteiger partial charge in [-0.15, -0.1) is 10.2 Å².